The third-order valence-electron chi connectivity index (χ3n) is 2.12. The molecule has 1 aromatic heterocycles. The van der Waals surface area contributed by atoms with Crippen molar-refractivity contribution in [3.8, 4) is 0 Å². The zero-order valence-electron chi connectivity index (χ0n) is 8.72. The van der Waals surface area contributed by atoms with Crippen LogP contribution in [0.25, 0.3) is 10.8 Å². The zero-order chi connectivity index (χ0) is 12.3. The van der Waals surface area contributed by atoms with Crippen molar-refractivity contribution in [2.75, 3.05) is 0 Å². The summed E-state index contributed by atoms with van der Waals surface area (Å²) in [6, 6.07) is 6.20. The smallest absolute Gasteiger partial charge is 0.184 e. The number of nitrogens with zero attached hydrogens (tertiary/aromatic N) is 2. The SMILES string of the molecule is NC(=S)N/N=C/c1nccc2cc(F)ccc12. The van der Waals surface area contributed by atoms with Gasteiger partial charge in [-0.05, 0) is 41.9 Å². The summed E-state index contributed by atoms with van der Waals surface area (Å²) < 4.78 is 13.0. The Balaban J connectivity index is 2.40. The largest absolute Gasteiger partial charge is 0.375 e. The third kappa shape index (κ3) is 2.73. The number of thiocarbonyl (C=S) groups is 1. The molecule has 86 valence electrons. The van der Waals surface area contributed by atoms with Crippen LogP contribution in [0.5, 0.6) is 0 Å². The van der Waals surface area contributed by atoms with Crippen LogP contribution in [0.15, 0.2) is 35.6 Å². The van der Waals surface area contributed by atoms with Gasteiger partial charge in [0, 0.05) is 11.6 Å². The number of benzene rings is 1. The predicted octanol–water partition coefficient (Wildman–Crippen LogP) is 1.54. The Hall–Kier alpha value is -2.08. The molecule has 0 spiro atoms. The molecule has 17 heavy (non-hydrogen) atoms. The predicted molar refractivity (Wildman–Crippen MR) is 69.2 cm³/mol. The number of hydrazone groups is 1. The monoisotopic (exact) mass is 248 g/mol. The van der Waals surface area contributed by atoms with Gasteiger partial charge in [0.25, 0.3) is 0 Å². The molecule has 1 heterocycles. The fourth-order valence-electron chi connectivity index (χ4n) is 1.43. The minimum atomic E-state index is -0.284. The van der Waals surface area contributed by atoms with Crippen molar-refractivity contribution >= 4 is 34.3 Å². The molecule has 0 aliphatic heterocycles. The van der Waals surface area contributed by atoms with Crippen molar-refractivity contribution < 1.29 is 4.39 Å². The molecule has 0 saturated heterocycles. The van der Waals surface area contributed by atoms with Crippen LogP contribution in [-0.4, -0.2) is 16.3 Å². The molecular weight excluding hydrogens is 239 g/mol. The lowest BCUT2D eigenvalue weighted by Crippen LogP contribution is -2.24. The Kier molecular flexibility index (Phi) is 3.24. The highest BCUT2D eigenvalue weighted by Gasteiger charge is 2.01. The van der Waals surface area contributed by atoms with Crippen LogP contribution in [0, 0.1) is 5.82 Å². The summed E-state index contributed by atoms with van der Waals surface area (Å²) in [5.41, 5.74) is 8.28. The first-order valence-electron chi connectivity index (χ1n) is 4.79. The molecule has 0 bridgehead atoms. The van der Waals surface area contributed by atoms with E-state index < -0.39 is 0 Å². The van der Waals surface area contributed by atoms with Crippen LogP contribution < -0.4 is 11.2 Å². The van der Waals surface area contributed by atoms with Gasteiger partial charge in [-0.3, -0.25) is 10.4 Å². The second-order valence-corrected chi connectivity index (χ2v) is 3.74. The number of nitrogens with two attached hydrogens (primary N) is 1. The van der Waals surface area contributed by atoms with Crippen molar-refractivity contribution in [3.63, 3.8) is 0 Å². The van der Waals surface area contributed by atoms with E-state index >= 15 is 0 Å². The van der Waals surface area contributed by atoms with E-state index in [0.29, 0.717) is 5.69 Å². The van der Waals surface area contributed by atoms with Crippen molar-refractivity contribution in [2.45, 2.75) is 0 Å². The van der Waals surface area contributed by atoms with Gasteiger partial charge in [-0.25, -0.2) is 4.39 Å². The maximum atomic E-state index is 13.0. The van der Waals surface area contributed by atoms with Crippen LogP contribution in [0.1, 0.15) is 5.69 Å². The average Bonchev–Trinajstić information content (AvgIpc) is 2.28. The molecule has 0 amide bonds. The van der Waals surface area contributed by atoms with Gasteiger partial charge in [-0.15, -0.1) is 0 Å². The Morgan fingerprint density at radius 3 is 3.06 bits per heavy atom. The minimum absolute atomic E-state index is 0.0764. The molecule has 0 aliphatic rings. The lowest BCUT2D eigenvalue weighted by molar-refractivity contribution is 0.629. The second-order valence-electron chi connectivity index (χ2n) is 3.30. The quantitative estimate of drug-likeness (QED) is 0.481. The number of hydrogen-bond acceptors (Lipinski definition) is 3. The van der Waals surface area contributed by atoms with E-state index in [1.165, 1.54) is 18.3 Å². The van der Waals surface area contributed by atoms with E-state index in [0.717, 1.165) is 10.8 Å². The van der Waals surface area contributed by atoms with Gasteiger partial charge in [-0.2, -0.15) is 5.10 Å². The second kappa shape index (κ2) is 4.84. The first kappa shape index (κ1) is 11.4. The fraction of sp³-hybridized carbons (Fsp3) is 0. The number of aromatic nitrogens is 1. The highest BCUT2D eigenvalue weighted by atomic mass is 32.1. The Morgan fingerprint density at radius 1 is 1.47 bits per heavy atom. The van der Waals surface area contributed by atoms with Gasteiger partial charge < -0.3 is 5.73 Å². The Bertz CT molecular complexity index is 597. The van der Waals surface area contributed by atoms with Crippen LogP contribution in [-0.2, 0) is 0 Å². The lowest BCUT2D eigenvalue weighted by Gasteiger charge is -2.01. The van der Waals surface area contributed by atoms with Crippen molar-refractivity contribution in [3.05, 3.63) is 42.0 Å². The number of rotatable bonds is 2. The lowest BCUT2D eigenvalue weighted by atomic mass is 10.1. The number of hydrogen-bond donors (Lipinski definition) is 2. The number of fused-ring (bicyclic) bond motifs is 1. The first-order valence-corrected chi connectivity index (χ1v) is 5.20. The summed E-state index contributed by atoms with van der Waals surface area (Å²) in [6.07, 6.45) is 3.07. The van der Waals surface area contributed by atoms with Crippen LogP contribution in [0.3, 0.4) is 0 Å². The van der Waals surface area contributed by atoms with Gasteiger partial charge in [0.2, 0.25) is 0 Å². The van der Waals surface area contributed by atoms with Crippen molar-refractivity contribution in [2.24, 2.45) is 10.8 Å². The Morgan fingerprint density at radius 2 is 2.29 bits per heavy atom. The zero-order valence-corrected chi connectivity index (χ0v) is 9.54. The molecule has 6 heteroatoms. The molecule has 4 nitrogen and oxygen atoms in total. The minimum Gasteiger partial charge on any atom is -0.375 e. The molecule has 0 unspecified atom stereocenters. The molecule has 0 fully saturated rings. The standard InChI is InChI=1S/C11H9FN4S/c12-8-1-2-9-7(5-8)3-4-14-10(9)6-15-16-11(13)17/h1-6H,(H3,13,16,17)/b15-6+. The van der Waals surface area contributed by atoms with Gasteiger partial charge in [-0.1, -0.05) is 0 Å². The molecular formula is C11H9FN4S. The summed E-state index contributed by atoms with van der Waals surface area (Å²) in [4.78, 5) is 4.14. The van der Waals surface area contributed by atoms with Crippen molar-refractivity contribution in [1.29, 1.82) is 0 Å². The van der Waals surface area contributed by atoms with E-state index in [1.807, 2.05) is 0 Å². The highest BCUT2D eigenvalue weighted by molar-refractivity contribution is 7.80. The van der Waals surface area contributed by atoms with Gasteiger partial charge in [0.1, 0.15) is 5.82 Å². The molecule has 1 aromatic carbocycles. The van der Waals surface area contributed by atoms with Gasteiger partial charge in [0.05, 0.1) is 11.9 Å². The first-order chi connectivity index (χ1) is 8.16. The van der Waals surface area contributed by atoms with E-state index in [4.69, 9.17) is 5.73 Å². The van der Waals surface area contributed by atoms with Crippen LogP contribution in [0.2, 0.25) is 0 Å². The molecule has 0 saturated carbocycles. The summed E-state index contributed by atoms with van der Waals surface area (Å²) in [6.45, 7) is 0. The third-order valence-corrected chi connectivity index (χ3v) is 2.21. The summed E-state index contributed by atoms with van der Waals surface area (Å²) in [7, 11) is 0. The molecule has 0 aliphatic carbocycles. The normalized spacial score (nSPS) is 10.9. The molecule has 0 radical (unpaired) electrons. The van der Waals surface area contributed by atoms with E-state index in [2.05, 4.69) is 27.7 Å². The fourth-order valence-corrected chi connectivity index (χ4v) is 1.48. The average molecular weight is 248 g/mol. The van der Waals surface area contributed by atoms with Crippen LogP contribution >= 0.6 is 12.2 Å². The number of nitrogens with one attached hydrogen (secondary N) is 1. The van der Waals surface area contributed by atoms with E-state index in [9.17, 15) is 4.39 Å². The summed E-state index contributed by atoms with van der Waals surface area (Å²) in [5.74, 6) is -0.284. The van der Waals surface area contributed by atoms with Crippen LogP contribution in [0.4, 0.5) is 4.39 Å². The van der Waals surface area contributed by atoms with E-state index in [1.54, 1.807) is 18.3 Å². The molecule has 2 aromatic rings. The number of halogens is 1. The summed E-state index contributed by atoms with van der Waals surface area (Å²) in [5, 5.41) is 5.46. The Labute approximate surface area is 102 Å². The molecule has 3 N–H and O–H groups in total. The maximum absolute atomic E-state index is 13.0. The van der Waals surface area contributed by atoms with Gasteiger partial charge >= 0.3 is 0 Å². The maximum Gasteiger partial charge on any atom is 0.184 e. The van der Waals surface area contributed by atoms with Gasteiger partial charge in [0.15, 0.2) is 5.11 Å². The molecule has 0 atom stereocenters. The topological polar surface area (TPSA) is 63.3 Å². The summed E-state index contributed by atoms with van der Waals surface area (Å²) >= 11 is 4.61. The highest BCUT2D eigenvalue weighted by Crippen LogP contribution is 2.16. The van der Waals surface area contributed by atoms with E-state index in [-0.39, 0.29) is 10.9 Å². The number of pyridine rings is 1. The molecule has 2 rings (SSSR count). The van der Waals surface area contributed by atoms with Crippen molar-refractivity contribution in [1.82, 2.24) is 10.4 Å².